The van der Waals surface area contributed by atoms with Gasteiger partial charge in [-0.05, 0) is 36.2 Å². The lowest BCUT2D eigenvalue weighted by Crippen LogP contribution is -2.22. The van der Waals surface area contributed by atoms with Crippen molar-refractivity contribution in [1.82, 2.24) is 0 Å². The number of sulfonamides is 1. The third kappa shape index (κ3) is 7.94. The van der Waals surface area contributed by atoms with Gasteiger partial charge in [-0.2, -0.15) is 0 Å². The highest BCUT2D eigenvalue weighted by Crippen LogP contribution is 2.35. The number of amides is 1. The van der Waals surface area contributed by atoms with Crippen LogP contribution in [0, 0.1) is 0 Å². The molecule has 0 radical (unpaired) electrons. The van der Waals surface area contributed by atoms with Crippen LogP contribution in [0.3, 0.4) is 0 Å². The minimum Gasteiger partial charge on any atom is -0.462 e. The highest BCUT2D eigenvalue weighted by Gasteiger charge is 2.20. The van der Waals surface area contributed by atoms with Gasteiger partial charge in [-0.1, -0.05) is 42.5 Å². The Morgan fingerprint density at radius 2 is 1.71 bits per heavy atom. The molecule has 2 N–H and O–H groups in total. The zero-order valence-corrected chi connectivity index (χ0v) is 20.7. The number of rotatable bonds is 10. The largest absolute Gasteiger partial charge is 0.462 e. The number of hydrogen-bond acceptors (Lipinski definition) is 8. The lowest BCUT2D eigenvalue weighted by Gasteiger charge is -2.08. The predicted octanol–water partition coefficient (Wildman–Crippen LogP) is 3.69. The number of carbonyl (C=O) groups is 3. The Morgan fingerprint density at radius 3 is 2.40 bits per heavy atom. The highest BCUT2D eigenvalue weighted by atomic mass is 32.2. The summed E-state index contributed by atoms with van der Waals surface area (Å²) in [4.78, 5) is 37.8. The van der Waals surface area contributed by atoms with Crippen LogP contribution >= 0.6 is 11.3 Å². The molecule has 1 heterocycles. The molecular weight excluding hydrogens is 492 g/mol. The van der Waals surface area contributed by atoms with Crippen molar-refractivity contribution in [2.75, 3.05) is 29.5 Å². The molecular formula is C24H24N2O7S2. The third-order valence-corrected chi connectivity index (χ3v) is 6.19. The number of benzene rings is 2. The molecule has 9 nitrogen and oxygen atoms in total. The molecule has 0 aliphatic carbocycles. The van der Waals surface area contributed by atoms with Crippen LogP contribution in [0.25, 0.3) is 10.4 Å². The first-order valence-corrected chi connectivity index (χ1v) is 13.2. The first-order valence-electron chi connectivity index (χ1n) is 10.5. The molecule has 3 rings (SSSR count). The fraction of sp³-hybridized carbons (Fsp3) is 0.208. The van der Waals surface area contributed by atoms with Crippen molar-refractivity contribution < 1.29 is 32.3 Å². The predicted molar refractivity (Wildman–Crippen MR) is 134 cm³/mol. The molecule has 0 aliphatic rings. The summed E-state index contributed by atoms with van der Waals surface area (Å²) in [5, 5.41) is 2.91. The quantitative estimate of drug-likeness (QED) is 0.393. The van der Waals surface area contributed by atoms with E-state index in [1.807, 2.05) is 30.3 Å². The van der Waals surface area contributed by atoms with E-state index < -0.39 is 34.5 Å². The summed E-state index contributed by atoms with van der Waals surface area (Å²) in [7, 11) is -3.45. The van der Waals surface area contributed by atoms with Gasteiger partial charge < -0.3 is 14.8 Å². The topological polar surface area (TPSA) is 128 Å². The fourth-order valence-corrected chi connectivity index (χ4v) is 4.70. The Hall–Kier alpha value is -3.70. The molecule has 35 heavy (non-hydrogen) atoms. The molecule has 11 heteroatoms. The van der Waals surface area contributed by atoms with Crippen molar-refractivity contribution in [2.45, 2.75) is 13.3 Å². The van der Waals surface area contributed by atoms with Gasteiger partial charge >= 0.3 is 11.9 Å². The van der Waals surface area contributed by atoms with E-state index in [2.05, 4.69) is 10.0 Å². The van der Waals surface area contributed by atoms with Gasteiger partial charge in [0.2, 0.25) is 10.0 Å². The van der Waals surface area contributed by atoms with Crippen LogP contribution in [-0.4, -0.2) is 45.7 Å². The maximum atomic E-state index is 12.4. The van der Waals surface area contributed by atoms with Crippen LogP contribution in [0.15, 0.2) is 60.7 Å². The van der Waals surface area contributed by atoms with Crippen LogP contribution in [0.5, 0.6) is 0 Å². The van der Waals surface area contributed by atoms with Crippen molar-refractivity contribution in [1.29, 1.82) is 0 Å². The van der Waals surface area contributed by atoms with Crippen LogP contribution in [0.2, 0.25) is 0 Å². The number of hydrogen-bond donors (Lipinski definition) is 2. The first kappa shape index (κ1) is 25.9. The standard InChI is InChI=1S/C24H24N2O7S2/c1-3-32-24(29)19-14-20(17-9-5-4-6-10-17)34-23(19)25-21(27)15-33-22(28)13-16-8-7-11-18(12-16)26-35(2,30)31/h4-12,14,26H,3,13,15H2,1-2H3,(H,25,27). The molecule has 1 aromatic heterocycles. The van der Waals surface area contributed by atoms with E-state index in [4.69, 9.17) is 9.47 Å². The average Bonchev–Trinajstić information content (AvgIpc) is 3.21. The molecule has 0 unspecified atom stereocenters. The fourth-order valence-electron chi connectivity index (χ4n) is 3.07. The Morgan fingerprint density at radius 1 is 0.971 bits per heavy atom. The zero-order valence-electron chi connectivity index (χ0n) is 19.1. The molecule has 0 fully saturated rings. The Bertz CT molecular complexity index is 1320. The summed E-state index contributed by atoms with van der Waals surface area (Å²) >= 11 is 1.21. The molecule has 3 aromatic rings. The minimum atomic E-state index is -3.45. The monoisotopic (exact) mass is 516 g/mol. The number of anilines is 2. The summed E-state index contributed by atoms with van der Waals surface area (Å²) in [5.74, 6) is -1.85. The molecule has 184 valence electrons. The summed E-state index contributed by atoms with van der Waals surface area (Å²) in [6.07, 6.45) is 0.869. The second-order valence-electron chi connectivity index (χ2n) is 7.40. The van der Waals surface area contributed by atoms with Crippen molar-refractivity contribution in [2.24, 2.45) is 0 Å². The van der Waals surface area contributed by atoms with E-state index in [1.54, 1.807) is 31.2 Å². The summed E-state index contributed by atoms with van der Waals surface area (Å²) < 4.78 is 35.2. The van der Waals surface area contributed by atoms with Crippen LogP contribution in [-0.2, 0) is 35.5 Å². The van der Waals surface area contributed by atoms with Crippen molar-refractivity contribution >= 4 is 49.9 Å². The molecule has 0 aliphatic heterocycles. The van der Waals surface area contributed by atoms with Gasteiger partial charge in [0.15, 0.2) is 6.61 Å². The van der Waals surface area contributed by atoms with E-state index in [-0.39, 0.29) is 18.6 Å². The van der Waals surface area contributed by atoms with E-state index >= 15 is 0 Å². The van der Waals surface area contributed by atoms with Gasteiger partial charge in [0.05, 0.1) is 24.8 Å². The summed E-state index contributed by atoms with van der Waals surface area (Å²) in [5.41, 5.74) is 1.92. The smallest absolute Gasteiger partial charge is 0.341 e. The van der Waals surface area contributed by atoms with Gasteiger partial charge in [0, 0.05) is 10.6 Å². The van der Waals surface area contributed by atoms with Crippen LogP contribution < -0.4 is 10.0 Å². The van der Waals surface area contributed by atoms with Crippen molar-refractivity contribution in [3.8, 4) is 10.4 Å². The van der Waals surface area contributed by atoms with Crippen molar-refractivity contribution in [3.63, 3.8) is 0 Å². The van der Waals surface area contributed by atoms with E-state index in [0.717, 1.165) is 16.7 Å². The minimum absolute atomic E-state index is 0.155. The average molecular weight is 517 g/mol. The second kappa shape index (κ2) is 11.6. The molecule has 0 bridgehead atoms. The maximum Gasteiger partial charge on any atom is 0.341 e. The van der Waals surface area contributed by atoms with Gasteiger partial charge in [-0.25, -0.2) is 13.2 Å². The Balaban J connectivity index is 1.63. The van der Waals surface area contributed by atoms with E-state index in [9.17, 15) is 22.8 Å². The lowest BCUT2D eigenvalue weighted by atomic mass is 10.1. The maximum absolute atomic E-state index is 12.4. The molecule has 2 aromatic carbocycles. The first-order chi connectivity index (χ1) is 16.6. The number of nitrogens with one attached hydrogen (secondary N) is 2. The Kier molecular flexibility index (Phi) is 8.61. The SMILES string of the molecule is CCOC(=O)c1cc(-c2ccccc2)sc1NC(=O)COC(=O)Cc1cccc(NS(C)(=O)=O)c1. The van der Waals surface area contributed by atoms with E-state index in [0.29, 0.717) is 16.3 Å². The van der Waals surface area contributed by atoms with Gasteiger partial charge in [-0.15, -0.1) is 11.3 Å². The summed E-state index contributed by atoms with van der Waals surface area (Å²) in [6, 6.07) is 17.3. The number of thiophene rings is 1. The number of carbonyl (C=O) groups excluding carboxylic acids is 3. The van der Waals surface area contributed by atoms with Crippen LogP contribution in [0.4, 0.5) is 10.7 Å². The zero-order chi connectivity index (χ0) is 25.4. The lowest BCUT2D eigenvalue weighted by molar-refractivity contribution is -0.146. The normalized spacial score (nSPS) is 10.9. The van der Waals surface area contributed by atoms with Gasteiger partial charge in [0.1, 0.15) is 5.00 Å². The molecule has 1 amide bonds. The number of ether oxygens (including phenoxy) is 2. The molecule has 0 atom stereocenters. The van der Waals surface area contributed by atoms with Crippen molar-refractivity contribution in [3.05, 3.63) is 71.8 Å². The summed E-state index contributed by atoms with van der Waals surface area (Å²) in [6.45, 7) is 1.31. The highest BCUT2D eigenvalue weighted by molar-refractivity contribution is 7.92. The molecule has 0 saturated heterocycles. The van der Waals surface area contributed by atoms with Gasteiger partial charge in [0.25, 0.3) is 5.91 Å². The molecule has 0 spiro atoms. The third-order valence-electron chi connectivity index (χ3n) is 4.48. The molecule has 0 saturated carbocycles. The van der Waals surface area contributed by atoms with E-state index in [1.165, 1.54) is 17.4 Å². The Labute approximate surface area is 207 Å². The number of esters is 2. The van der Waals surface area contributed by atoms with Crippen LogP contribution in [0.1, 0.15) is 22.8 Å². The van der Waals surface area contributed by atoms with Gasteiger partial charge in [-0.3, -0.25) is 14.3 Å². The second-order valence-corrected chi connectivity index (χ2v) is 10.2.